The molecule has 2 rings (SSSR count). The van der Waals surface area contributed by atoms with Crippen LogP contribution in [0.2, 0.25) is 0 Å². The van der Waals surface area contributed by atoms with Crippen LogP contribution < -0.4 is 10.1 Å². The molecule has 1 fully saturated rings. The number of hydrogen-bond donors (Lipinski definition) is 2. The van der Waals surface area contributed by atoms with Crippen LogP contribution in [-0.2, 0) is 0 Å². The lowest BCUT2D eigenvalue weighted by atomic mass is 9.96. The normalized spacial score (nSPS) is 19.9. The molecule has 0 unspecified atom stereocenters. The molecule has 4 heteroatoms. The first-order valence-electron chi connectivity index (χ1n) is 5.42. The zero-order valence-electron chi connectivity index (χ0n) is 9.40. The van der Waals surface area contributed by atoms with Crippen LogP contribution in [0.3, 0.4) is 0 Å². The fourth-order valence-corrected chi connectivity index (χ4v) is 2.16. The Bertz CT molecular complexity index is 338. The number of phenols is 1. The van der Waals surface area contributed by atoms with Crippen molar-refractivity contribution in [3.8, 4) is 11.5 Å². The summed E-state index contributed by atoms with van der Waals surface area (Å²) in [5.41, 5.74) is 0.903. The van der Waals surface area contributed by atoms with Crippen LogP contribution in [0.4, 0.5) is 0 Å². The molecule has 1 aromatic rings. The van der Waals surface area contributed by atoms with Crippen molar-refractivity contribution in [2.24, 2.45) is 0 Å². The number of phenolic OH excluding ortho intramolecular Hbond substituents is 1. The van der Waals surface area contributed by atoms with E-state index in [9.17, 15) is 5.11 Å². The molecule has 90 valence electrons. The third-order valence-corrected chi connectivity index (χ3v) is 2.92. The van der Waals surface area contributed by atoms with Gasteiger partial charge < -0.3 is 15.2 Å². The molecule has 0 amide bonds. The smallest absolute Gasteiger partial charge is 0.127 e. The van der Waals surface area contributed by atoms with Crippen LogP contribution in [0.25, 0.3) is 0 Å². The van der Waals surface area contributed by atoms with Crippen molar-refractivity contribution in [1.82, 2.24) is 5.32 Å². The van der Waals surface area contributed by atoms with E-state index in [0.717, 1.165) is 24.3 Å². The minimum absolute atomic E-state index is 0. The monoisotopic (exact) mass is 243 g/mol. The molecule has 0 radical (unpaired) electrons. The lowest BCUT2D eigenvalue weighted by Crippen LogP contribution is -2.27. The van der Waals surface area contributed by atoms with E-state index in [-0.39, 0.29) is 18.4 Å². The van der Waals surface area contributed by atoms with E-state index < -0.39 is 0 Å². The Balaban J connectivity index is 0.00000128. The average Bonchev–Trinajstić information content (AvgIpc) is 2.29. The summed E-state index contributed by atoms with van der Waals surface area (Å²) in [5, 5.41) is 13.3. The van der Waals surface area contributed by atoms with Crippen molar-refractivity contribution in [2.45, 2.75) is 25.3 Å². The molecular weight excluding hydrogens is 226 g/mol. The molecule has 0 aromatic heterocycles. The predicted molar refractivity (Wildman–Crippen MR) is 66.5 cm³/mol. The van der Waals surface area contributed by atoms with Crippen molar-refractivity contribution in [3.63, 3.8) is 0 Å². The lowest BCUT2D eigenvalue weighted by molar-refractivity contribution is 0.357. The molecule has 3 nitrogen and oxygen atoms in total. The summed E-state index contributed by atoms with van der Waals surface area (Å²) >= 11 is 0. The summed E-state index contributed by atoms with van der Waals surface area (Å²) < 4.78 is 5.28. The van der Waals surface area contributed by atoms with E-state index in [4.69, 9.17) is 4.74 Å². The number of piperidine rings is 1. The summed E-state index contributed by atoms with van der Waals surface area (Å²) in [7, 11) is 1.64. The summed E-state index contributed by atoms with van der Waals surface area (Å²) in [4.78, 5) is 0. The van der Waals surface area contributed by atoms with Gasteiger partial charge in [-0.25, -0.2) is 0 Å². The van der Waals surface area contributed by atoms with Gasteiger partial charge in [0.2, 0.25) is 0 Å². The van der Waals surface area contributed by atoms with Gasteiger partial charge in [0.1, 0.15) is 11.5 Å². The minimum Gasteiger partial charge on any atom is -0.507 e. The maximum Gasteiger partial charge on any atom is 0.127 e. The molecule has 0 saturated carbocycles. The highest BCUT2D eigenvalue weighted by Gasteiger charge is 2.21. The lowest BCUT2D eigenvalue weighted by Gasteiger charge is -2.25. The highest BCUT2D eigenvalue weighted by Crippen LogP contribution is 2.36. The second-order valence-corrected chi connectivity index (χ2v) is 3.90. The molecule has 0 aliphatic carbocycles. The number of aromatic hydroxyl groups is 1. The van der Waals surface area contributed by atoms with E-state index in [2.05, 4.69) is 5.32 Å². The van der Waals surface area contributed by atoms with Gasteiger partial charge in [0.05, 0.1) is 12.7 Å². The number of hydrogen-bond acceptors (Lipinski definition) is 3. The van der Waals surface area contributed by atoms with E-state index in [0.29, 0.717) is 5.75 Å². The van der Waals surface area contributed by atoms with Crippen LogP contribution >= 0.6 is 12.4 Å². The zero-order valence-corrected chi connectivity index (χ0v) is 10.2. The van der Waals surface area contributed by atoms with Gasteiger partial charge in [-0.1, -0.05) is 12.5 Å². The van der Waals surface area contributed by atoms with Crippen LogP contribution in [0, 0.1) is 0 Å². The van der Waals surface area contributed by atoms with Gasteiger partial charge in [-0.05, 0) is 31.5 Å². The quantitative estimate of drug-likeness (QED) is 0.839. The van der Waals surface area contributed by atoms with Gasteiger partial charge in [-0.15, -0.1) is 12.4 Å². The summed E-state index contributed by atoms with van der Waals surface area (Å²) in [5.74, 6) is 1.10. The van der Waals surface area contributed by atoms with Gasteiger partial charge in [0, 0.05) is 6.04 Å². The van der Waals surface area contributed by atoms with Crippen LogP contribution in [-0.4, -0.2) is 18.8 Å². The summed E-state index contributed by atoms with van der Waals surface area (Å²) in [6, 6.07) is 5.65. The first-order chi connectivity index (χ1) is 7.33. The standard InChI is InChI=1S/C12H17NO2.ClH/c1-15-11-7-4-6-10(14)12(11)9-5-2-3-8-13-9;/h4,6-7,9,13-14H,2-3,5,8H2,1H3;1H/t9-;/m1./s1. The average molecular weight is 244 g/mol. The molecular formula is C12H18ClNO2. The minimum atomic E-state index is 0. The maximum atomic E-state index is 9.85. The Hall–Kier alpha value is -0.930. The number of nitrogens with one attached hydrogen (secondary N) is 1. The number of halogens is 1. The van der Waals surface area contributed by atoms with Crippen LogP contribution in [0.1, 0.15) is 30.9 Å². The Morgan fingerprint density at radius 2 is 2.19 bits per heavy atom. The highest BCUT2D eigenvalue weighted by atomic mass is 35.5. The second-order valence-electron chi connectivity index (χ2n) is 3.90. The molecule has 1 atom stereocenters. The highest BCUT2D eigenvalue weighted by molar-refractivity contribution is 5.85. The number of methoxy groups -OCH3 is 1. The van der Waals surface area contributed by atoms with Crippen molar-refractivity contribution in [1.29, 1.82) is 0 Å². The molecule has 1 aliphatic heterocycles. The fraction of sp³-hybridized carbons (Fsp3) is 0.500. The van der Waals surface area contributed by atoms with Gasteiger partial charge in [-0.3, -0.25) is 0 Å². The van der Waals surface area contributed by atoms with E-state index in [1.165, 1.54) is 12.8 Å². The topological polar surface area (TPSA) is 41.5 Å². The molecule has 0 bridgehead atoms. The molecule has 2 N–H and O–H groups in total. The second kappa shape index (κ2) is 5.97. The fourth-order valence-electron chi connectivity index (χ4n) is 2.16. The predicted octanol–water partition coefficient (Wildman–Crippen LogP) is 2.64. The van der Waals surface area contributed by atoms with Gasteiger partial charge in [0.25, 0.3) is 0 Å². The molecule has 1 aliphatic rings. The van der Waals surface area contributed by atoms with Crippen molar-refractivity contribution in [3.05, 3.63) is 23.8 Å². The summed E-state index contributed by atoms with van der Waals surface area (Å²) in [6.07, 6.45) is 3.48. The van der Waals surface area contributed by atoms with Crippen molar-refractivity contribution >= 4 is 12.4 Å². The molecule has 1 saturated heterocycles. The third kappa shape index (κ3) is 2.60. The Labute approximate surface area is 102 Å². The van der Waals surface area contributed by atoms with Crippen LogP contribution in [0.15, 0.2) is 18.2 Å². The van der Waals surface area contributed by atoms with Crippen molar-refractivity contribution in [2.75, 3.05) is 13.7 Å². The first-order valence-corrected chi connectivity index (χ1v) is 5.42. The first kappa shape index (κ1) is 13.1. The van der Waals surface area contributed by atoms with E-state index in [1.807, 2.05) is 6.07 Å². The molecule has 16 heavy (non-hydrogen) atoms. The number of ether oxygens (including phenoxy) is 1. The Morgan fingerprint density at radius 1 is 1.38 bits per heavy atom. The van der Waals surface area contributed by atoms with Crippen LogP contribution in [0.5, 0.6) is 11.5 Å². The third-order valence-electron chi connectivity index (χ3n) is 2.92. The number of rotatable bonds is 2. The van der Waals surface area contributed by atoms with Gasteiger partial charge in [-0.2, -0.15) is 0 Å². The largest absolute Gasteiger partial charge is 0.507 e. The molecule has 1 heterocycles. The van der Waals surface area contributed by atoms with Crippen molar-refractivity contribution < 1.29 is 9.84 Å². The number of benzene rings is 1. The molecule has 0 spiro atoms. The maximum absolute atomic E-state index is 9.85. The Kier molecular flexibility index (Phi) is 4.90. The van der Waals surface area contributed by atoms with E-state index >= 15 is 0 Å². The SMILES string of the molecule is COc1cccc(O)c1[C@H]1CCCCN1.Cl. The Morgan fingerprint density at radius 3 is 2.81 bits per heavy atom. The van der Waals surface area contributed by atoms with E-state index in [1.54, 1.807) is 19.2 Å². The molecule has 1 aromatic carbocycles. The van der Waals surface area contributed by atoms with Gasteiger partial charge in [0.15, 0.2) is 0 Å². The van der Waals surface area contributed by atoms with Gasteiger partial charge >= 0.3 is 0 Å². The zero-order chi connectivity index (χ0) is 10.7. The summed E-state index contributed by atoms with van der Waals surface area (Å²) in [6.45, 7) is 1.02.